The van der Waals surface area contributed by atoms with E-state index in [4.69, 9.17) is 5.73 Å². The van der Waals surface area contributed by atoms with E-state index in [2.05, 4.69) is 0 Å². The van der Waals surface area contributed by atoms with Crippen LogP contribution in [0.25, 0.3) is 0 Å². The van der Waals surface area contributed by atoms with Crippen molar-refractivity contribution in [2.45, 2.75) is 19.0 Å². The Bertz CT molecular complexity index is 174. The molecule has 0 aliphatic heterocycles. The lowest BCUT2D eigenvalue weighted by atomic mass is 9.42. The van der Waals surface area contributed by atoms with Gasteiger partial charge in [0, 0.05) is 0 Å². The molecule has 2 N–H and O–H groups in total. The molecule has 1 amide bonds. The molecule has 2 bridgehead atoms. The summed E-state index contributed by atoms with van der Waals surface area (Å²) >= 11 is 0. The summed E-state index contributed by atoms with van der Waals surface area (Å²) in [5.41, 5.74) is 4.28. The molecule has 0 heterocycles. The predicted octanol–water partition coefficient (Wildman–Crippen LogP) is 0.220. The van der Waals surface area contributed by atoms with Crippen LogP contribution in [0.4, 0.5) is 4.39 Å². The SMILES string of the molecule is NC(=O)C12CC(C1)C2F. The number of alkyl halides is 1. The normalized spacial score (nSPS) is 53.4. The number of carbonyl (C=O) groups excluding carboxylic acids is 1. The van der Waals surface area contributed by atoms with Gasteiger partial charge in [0.15, 0.2) is 0 Å². The minimum atomic E-state index is -0.907. The number of hydrogen-bond acceptors (Lipinski definition) is 1. The van der Waals surface area contributed by atoms with Gasteiger partial charge in [-0.3, -0.25) is 4.79 Å². The average Bonchev–Trinajstić information content (AvgIpc) is 1.60. The van der Waals surface area contributed by atoms with Crippen molar-refractivity contribution < 1.29 is 9.18 Å². The van der Waals surface area contributed by atoms with Crippen molar-refractivity contribution in [2.24, 2.45) is 17.1 Å². The summed E-state index contributed by atoms with van der Waals surface area (Å²) in [6, 6.07) is 0. The fraction of sp³-hybridized carbons (Fsp3) is 0.833. The highest BCUT2D eigenvalue weighted by atomic mass is 19.1. The highest BCUT2D eigenvalue weighted by Crippen LogP contribution is 2.65. The van der Waals surface area contributed by atoms with Gasteiger partial charge in [-0.25, -0.2) is 4.39 Å². The van der Waals surface area contributed by atoms with E-state index >= 15 is 0 Å². The summed E-state index contributed by atoms with van der Waals surface area (Å²) in [5, 5.41) is 0. The highest BCUT2D eigenvalue weighted by Gasteiger charge is 2.70. The zero-order chi connectivity index (χ0) is 6.65. The molecule has 0 aromatic rings. The van der Waals surface area contributed by atoms with Crippen LogP contribution in [0.1, 0.15) is 12.8 Å². The molecule has 3 fully saturated rings. The van der Waals surface area contributed by atoms with E-state index in [-0.39, 0.29) is 5.92 Å². The molecule has 0 aromatic heterocycles. The van der Waals surface area contributed by atoms with Crippen molar-refractivity contribution in [3.8, 4) is 0 Å². The Kier molecular flexibility index (Phi) is 0.652. The van der Waals surface area contributed by atoms with E-state index in [0.717, 1.165) is 0 Å². The predicted molar refractivity (Wildman–Crippen MR) is 29.2 cm³/mol. The maximum atomic E-state index is 12.6. The number of amides is 1. The Balaban J connectivity index is 2.19. The van der Waals surface area contributed by atoms with E-state index in [1.165, 1.54) is 0 Å². The maximum absolute atomic E-state index is 12.6. The Morgan fingerprint density at radius 3 is 2.22 bits per heavy atom. The third kappa shape index (κ3) is 0.334. The third-order valence-electron chi connectivity index (χ3n) is 2.69. The van der Waals surface area contributed by atoms with E-state index < -0.39 is 17.5 Å². The van der Waals surface area contributed by atoms with Crippen molar-refractivity contribution in [3.63, 3.8) is 0 Å². The lowest BCUT2D eigenvalue weighted by Crippen LogP contribution is -2.69. The topological polar surface area (TPSA) is 43.1 Å². The zero-order valence-corrected chi connectivity index (χ0v) is 4.93. The van der Waals surface area contributed by atoms with E-state index in [9.17, 15) is 9.18 Å². The standard InChI is InChI=1S/C6H8FNO/c7-4-3-1-6(4,2-3)5(8)9/h3-4H,1-2H2,(H2,8,9). The van der Waals surface area contributed by atoms with Gasteiger partial charge in [-0.2, -0.15) is 0 Å². The summed E-state index contributed by atoms with van der Waals surface area (Å²) in [4.78, 5) is 10.5. The van der Waals surface area contributed by atoms with Gasteiger partial charge in [-0.15, -0.1) is 0 Å². The summed E-state index contributed by atoms with van der Waals surface area (Å²) in [6.07, 6.45) is 0.488. The van der Waals surface area contributed by atoms with Crippen molar-refractivity contribution in [1.82, 2.24) is 0 Å². The number of primary amides is 1. The molecular weight excluding hydrogens is 121 g/mol. The molecule has 2 nitrogen and oxygen atoms in total. The van der Waals surface area contributed by atoms with Crippen LogP contribution in [-0.4, -0.2) is 12.1 Å². The molecule has 9 heavy (non-hydrogen) atoms. The lowest BCUT2D eigenvalue weighted by Gasteiger charge is -2.62. The van der Waals surface area contributed by atoms with Crippen molar-refractivity contribution in [3.05, 3.63) is 0 Å². The second-order valence-electron chi connectivity index (χ2n) is 3.09. The second kappa shape index (κ2) is 1.13. The van der Waals surface area contributed by atoms with Gasteiger partial charge in [-0.05, 0) is 18.8 Å². The monoisotopic (exact) mass is 129 g/mol. The molecule has 3 aliphatic rings. The van der Waals surface area contributed by atoms with Gasteiger partial charge in [0.1, 0.15) is 6.17 Å². The first-order chi connectivity index (χ1) is 4.17. The minimum absolute atomic E-state index is 0.164. The molecule has 1 atom stereocenters. The summed E-state index contributed by atoms with van der Waals surface area (Å²) in [6.45, 7) is 0. The molecule has 0 saturated heterocycles. The summed E-state index contributed by atoms with van der Waals surface area (Å²) in [7, 11) is 0. The molecule has 0 spiro atoms. The number of carbonyl (C=O) groups is 1. The van der Waals surface area contributed by atoms with Crippen molar-refractivity contribution in [2.75, 3.05) is 0 Å². The maximum Gasteiger partial charge on any atom is 0.226 e. The zero-order valence-electron chi connectivity index (χ0n) is 4.93. The average molecular weight is 129 g/mol. The van der Waals surface area contributed by atoms with Crippen molar-refractivity contribution >= 4 is 5.91 Å². The molecule has 50 valence electrons. The molecule has 1 unspecified atom stereocenters. The molecule has 0 radical (unpaired) electrons. The first kappa shape index (κ1) is 5.21. The Morgan fingerprint density at radius 1 is 1.67 bits per heavy atom. The lowest BCUT2D eigenvalue weighted by molar-refractivity contribution is -0.201. The van der Waals surface area contributed by atoms with E-state index in [0.29, 0.717) is 12.8 Å². The minimum Gasteiger partial charge on any atom is -0.369 e. The Hall–Kier alpha value is -0.600. The number of nitrogens with two attached hydrogens (primary N) is 1. The first-order valence-corrected chi connectivity index (χ1v) is 3.11. The quantitative estimate of drug-likeness (QED) is 0.540. The number of rotatable bonds is 1. The van der Waals surface area contributed by atoms with Gasteiger partial charge in [0.05, 0.1) is 5.41 Å². The van der Waals surface area contributed by atoms with Crippen LogP contribution >= 0.6 is 0 Å². The molecule has 3 saturated carbocycles. The number of hydrogen-bond donors (Lipinski definition) is 1. The highest BCUT2D eigenvalue weighted by molar-refractivity contribution is 5.85. The van der Waals surface area contributed by atoms with Gasteiger partial charge < -0.3 is 5.73 Å². The summed E-state index contributed by atoms with van der Waals surface area (Å²) < 4.78 is 12.6. The van der Waals surface area contributed by atoms with Crippen LogP contribution in [0.5, 0.6) is 0 Å². The van der Waals surface area contributed by atoms with E-state index in [1.807, 2.05) is 0 Å². The van der Waals surface area contributed by atoms with Gasteiger partial charge in [-0.1, -0.05) is 0 Å². The molecule has 3 heteroatoms. The molecule has 0 aromatic carbocycles. The fourth-order valence-corrected chi connectivity index (χ4v) is 1.78. The number of halogens is 1. The van der Waals surface area contributed by atoms with E-state index in [1.54, 1.807) is 0 Å². The second-order valence-corrected chi connectivity index (χ2v) is 3.09. The molecular formula is C6H8FNO. The van der Waals surface area contributed by atoms with Crippen LogP contribution < -0.4 is 5.73 Å². The fourth-order valence-electron chi connectivity index (χ4n) is 1.78. The third-order valence-corrected chi connectivity index (χ3v) is 2.69. The van der Waals surface area contributed by atoms with Gasteiger partial charge in [0.2, 0.25) is 5.91 Å². The molecule has 3 rings (SSSR count). The summed E-state index contributed by atoms with van der Waals surface area (Å²) in [5.74, 6) is -0.282. The smallest absolute Gasteiger partial charge is 0.226 e. The van der Waals surface area contributed by atoms with Gasteiger partial charge >= 0.3 is 0 Å². The first-order valence-electron chi connectivity index (χ1n) is 3.11. The molecule has 3 aliphatic carbocycles. The van der Waals surface area contributed by atoms with Gasteiger partial charge in [0.25, 0.3) is 0 Å². The van der Waals surface area contributed by atoms with Crippen LogP contribution in [0.15, 0.2) is 0 Å². The largest absolute Gasteiger partial charge is 0.369 e. The Morgan fingerprint density at radius 2 is 2.22 bits per heavy atom. The van der Waals surface area contributed by atoms with Crippen LogP contribution in [-0.2, 0) is 4.79 Å². The van der Waals surface area contributed by atoms with Crippen LogP contribution in [0.2, 0.25) is 0 Å². The Labute approximate surface area is 52.2 Å². The van der Waals surface area contributed by atoms with Crippen LogP contribution in [0, 0.1) is 11.3 Å². The van der Waals surface area contributed by atoms with Crippen molar-refractivity contribution in [1.29, 1.82) is 0 Å². The van der Waals surface area contributed by atoms with Crippen LogP contribution in [0.3, 0.4) is 0 Å².